The molecule has 11 heteroatoms. The molecule has 0 radical (unpaired) electrons. The van der Waals surface area contributed by atoms with Gasteiger partial charge in [-0.15, -0.1) is 4.91 Å². The first-order valence-corrected chi connectivity index (χ1v) is 8.95. The summed E-state index contributed by atoms with van der Waals surface area (Å²) in [4.78, 5) is 38.0. The molecule has 11 nitrogen and oxygen atoms in total. The summed E-state index contributed by atoms with van der Waals surface area (Å²) >= 11 is 0. The molecule has 0 saturated heterocycles. The van der Waals surface area contributed by atoms with Crippen molar-refractivity contribution in [2.75, 3.05) is 31.6 Å². The molecule has 3 rings (SSSR count). The molecule has 0 bridgehead atoms. The van der Waals surface area contributed by atoms with Crippen LogP contribution in [0.1, 0.15) is 6.42 Å². The number of urea groups is 1. The van der Waals surface area contributed by atoms with Gasteiger partial charge in [-0.1, -0.05) is 0 Å². The first kappa shape index (κ1) is 19.9. The molecule has 2 aromatic heterocycles. The van der Waals surface area contributed by atoms with Crippen molar-refractivity contribution in [3.8, 4) is 0 Å². The van der Waals surface area contributed by atoms with E-state index in [2.05, 4.69) is 20.9 Å². The maximum absolute atomic E-state index is 12.2. The second kappa shape index (κ2) is 8.42. The third kappa shape index (κ3) is 4.34. The van der Waals surface area contributed by atoms with Crippen molar-refractivity contribution in [3.05, 3.63) is 35.4 Å². The number of benzene rings is 1. The molecule has 0 aliphatic heterocycles. The predicted octanol–water partition coefficient (Wildman–Crippen LogP) is 1.18. The zero-order valence-electron chi connectivity index (χ0n) is 15.9. The van der Waals surface area contributed by atoms with Gasteiger partial charge in [-0.3, -0.25) is 4.79 Å². The van der Waals surface area contributed by atoms with Gasteiger partial charge in [-0.05, 0) is 24.3 Å². The number of nitrogens with two attached hydrogens (primary N) is 2. The number of carbonyl (C=O) groups is 2. The van der Waals surface area contributed by atoms with Crippen molar-refractivity contribution < 1.29 is 9.59 Å². The average molecular weight is 398 g/mol. The van der Waals surface area contributed by atoms with E-state index >= 15 is 0 Å². The Morgan fingerprint density at radius 1 is 1.14 bits per heavy atom. The Balaban J connectivity index is 1.65. The van der Waals surface area contributed by atoms with Crippen molar-refractivity contribution in [2.45, 2.75) is 13.0 Å². The van der Waals surface area contributed by atoms with Crippen molar-refractivity contribution in [2.24, 2.45) is 5.29 Å². The van der Waals surface area contributed by atoms with Crippen LogP contribution in [0.25, 0.3) is 21.8 Å². The summed E-state index contributed by atoms with van der Waals surface area (Å²) in [6, 6.07) is 6.75. The SMILES string of the molecule is CN(N=O)C(=O)NCCNC(=O)CCn1c2ccc(N)cc2c2cc(N)ncc21. The van der Waals surface area contributed by atoms with Gasteiger partial charge in [-0.25, -0.2) is 9.78 Å². The van der Waals surface area contributed by atoms with E-state index in [0.29, 0.717) is 23.1 Å². The van der Waals surface area contributed by atoms with Gasteiger partial charge in [0.15, 0.2) is 0 Å². The Kier molecular flexibility index (Phi) is 5.77. The highest BCUT2D eigenvalue weighted by Gasteiger charge is 2.13. The van der Waals surface area contributed by atoms with Crippen LogP contribution in [0.5, 0.6) is 0 Å². The Morgan fingerprint density at radius 3 is 2.62 bits per heavy atom. The molecule has 29 heavy (non-hydrogen) atoms. The topological polar surface area (TPSA) is 161 Å². The second-order valence-corrected chi connectivity index (χ2v) is 6.49. The molecule has 0 atom stereocenters. The Hall–Kier alpha value is -3.89. The van der Waals surface area contributed by atoms with E-state index in [9.17, 15) is 14.5 Å². The lowest BCUT2D eigenvalue weighted by Crippen LogP contribution is -2.39. The van der Waals surface area contributed by atoms with Crippen LogP contribution in [0.4, 0.5) is 16.3 Å². The fraction of sp³-hybridized carbons (Fsp3) is 0.278. The molecular formula is C18H22N8O3. The summed E-state index contributed by atoms with van der Waals surface area (Å²) in [5.41, 5.74) is 14.2. The lowest BCUT2D eigenvalue weighted by atomic mass is 10.1. The Morgan fingerprint density at radius 2 is 1.86 bits per heavy atom. The fourth-order valence-electron chi connectivity index (χ4n) is 3.10. The minimum Gasteiger partial charge on any atom is -0.399 e. The summed E-state index contributed by atoms with van der Waals surface area (Å²) < 4.78 is 2.00. The third-order valence-electron chi connectivity index (χ3n) is 4.50. The molecule has 6 N–H and O–H groups in total. The number of amides is 3. The van der Waals surface area contributed by atoms with E-state index in [1.165, 1.54) is 7.05 Å². The minimum absolute atomic E-state index is 0.171. The molecule has 0 fully saturated rings. The molecule has 0 aliphatic rings. The Bertz CT molecular complexity index is 1020. The van der Waals surface area contributed by atoms with Gasteiger partial charge in [0, 0.05) is 55.1 Å². The Labute approximate surface area is 166 Å². The predicted molar refractivity (Wildman–Crippen MR) is 111 cm³/mol. The number of hydrogen-bond donors (Lipinski definition) is 4. The fourth-order valence-corrected chi connectivity index (χ4v) is 3.10. The van der Waals surface area contributed by atoms with Crippen molar-refractivity contribution in [1.29, 1.82) is 0 Å². The molecule has 1 aromatic carbocycles. The number of aromatic nitrogens is 2. The van der Waals surface area contributed by atoms with E-state index in [-0.39, 0.29) is 25.4 Å². The van der Waals surface area contributed by atoms with Crippen LogP contribution in [0.2, 0.25) is 0 Å². The molecule has 2 heterocycles. The van der Waals surface area contributed by atoms with Crippen LogP contribution < -0.4 is 22.1 Å². The quantitative estimate of drug-likeness (QED) is 0.202. The number of rotatable bonds is 7. The first-order valence-electron chi connectivity index (χ1n) is 8.95. The van der Waals surface area contributed by atoms with Crippen molar-refractivity contribution >= 4 is 45.2 Å². The molecule has 0 unspecified atom stereocenters. The van der Waals surface area contributed by atoms with Gasteiger partial charge >= 0.3 is 6.03 Å². The summed E-state index contributed by atoms with van der Waals surface area (Å²) in [6.45, 7) is 0.854. The summed E-state index contributed by atoms with van der Waals surface area (Å²) in [5, 5.41) is 10.2. The second-order valence-electron chi connectivity index (χ2n) is 6.49. The average Bonchev–Trinajstić information content (AvgIpc) is 3.00. The summed E-state index contributed by atoms with van der Waals surface area (Å²) in [7, 11) is 1.24. The van der Waals surface area contributed by atoms with Gasteiger partial charge < -0.3 is 26.7 Å². The number of anilines is 2. The number of pyridine rings is 1. The lowest BCUT2D eigenvalue weighted by Gasteiger charge is -2.10. The standard InChI is InChI=1S/C18H22N8O3/c1-25(24-29)18(28)22-6-5-21-17(27)4-7-26-14-3-2-11(19)8-12(14)13-9-16(20)23-10-15(13)26/h2-3,8-10H,4-7,19H2,1H3,(H2,20,23)(H,21,27)(H,22,28). The van der Waals surface area contributed by atoms with Crippen molar-refractivity contribution in [3.63, 3.8) is 0 Å². The highest BCUT2D eigenvalue weighted by atomic mass is 16.3. The number of carbonyl (C=O) groups excluding carboxylic acids is 2. The van der Waals surface area contributed by atoms with Crippen LogP contribution >= 0.6 is 0 Å². The molecule has 0 spiro atoms. The monoisotopic (exact) mass is 398 g/mol. The van der Waals surface area contributed by atoms with Crippen LogP contribution in [-0.2, 0) is 11.3 Å². The highest BCUT2D eigenvalue weighted by Crippen LogP contribution is 2.31. The number of nitroso groups, excluding NO2 is 1. The number of hydrogen-bond acceptors (Lipinski definition) is 7. The van der Waals surface area contributed by atoms with Gasteiger partial charge in [-0.2, -0.15) is 5.01 Å². The van der Waals surface area contributed by atoms with E-state index in [4.69, 9.17) is 11.5 Å². The largest absolute Gasteiger partial charge is 0.399 e. The van der Waals surface area contributed by atoms with E-state index in [1.54, 1.807) is 12.3 Å². The van der Waals surface area contributed by atoms with E-state index in [0.717, 1.165) is 21.8 Å². The van der Waals surface area contributed by atoms with Crippen molar-refractivity contribution in [1.82, 2.24) is 25.2 Å². The third-order valence-corrected chi connectivity index (χ3v) is 4.50. The van der Waals surface area contributed by atoms with Gasteiger partial charge in [0.05, 0.1) is 17.0 Å². The molecule has 0 saturated carbocycles. The minimum atomic E-state index is -0.634. The van der Waals surface area contributed by atoms with Gasteiger partial charge in [0.2, 0.25) is 5.91 Å². The molecular weight excluding hydrogens is 376 g/mol. The lowest BCUT2D eigenvalue weighted by molar-refractivity contribution is -0.121. The molecule has 3 amide bonds. The number of fused-ring (bicyclic) bond motifs is 3. The summed E-state index contributed by atoms with van der Waals surface area (Å²) in [6.07, 6.45) is 1.92. The first-order chi connectivity index (χ1) is 13.9. The zero-order valence-corrected chi connectivity index (χ0v) is 15.9. The highest BCUT2D eigenvalue weighted by molar-refractivity contribution is 6.09. The van der Waals surface area contributed by atoms with Crippen LogP contribution in [0.3, 0.4) is 0 Å². The molecule has 0 aliphatic carbocycles. The smallest absolute Gasteiger partial charge is 0.340 e. The van der Waals surface area contributed by atoms with Gasteiger partial charge in [0.25, 0.3) is 0 Å². The molecule has 152 valence electrons. The number of aryl methyl sites for hydroxylation is 1. The zero-order chi connectivity index (χ0) is 21.0. The maximum Gasteiger partial charge on any atom is 0.340 e. The molecule has 3 aromatic rings. The summed E-state index contributed by atoms with van der Waals surface area (Å²) in [5.74, 6) is 0.240. The van der Waals surface area contributed by atoms with E-state index < -0.39 is 6.03 Å². The number of nitrogens with zero attached hydrogens (tertiary/aromatic N) is 4. The van der Waals surface area contributed by atoms with Gasteiger partial charge in [0.1, 0.15) is 5.82 Å². The van der Waals surface area contributed by atoms with Crippen LogP contribution in [-0.4, -0.2) is 46.6 Å². The maximum atomic E-state index is 12.2. The van der Waals surface area contributed by atoms with E-state index in [1.807, 2.05) is 22.8 Å². The van der Waals surface area contributed by atoms with Crippen LogP contribution in [0.15, 0.2) is 35.7 Å². The van der Waals surface area contributed by atoms with Crippen LogP contribution in [0, 0.1) is 4.91 Å². The number of nitrogens with one attached hydrogen (secondary N) is 2. The number of nitrogen functional groups attached to an aromatic ring is 2. The normalized spacial score (nSPS) is 10.8.